The zero-order valence-electron chi connectivity index (χ0n) is 42.3. The van der Waals surface area contributed by atoms with Gasteiger partial charge in [0.25, 0.3) is 0 Å². The zero-order chi connectivity index (χ0) is 45.8. The first-order valence-corrected chi connectivity index (χ1v) is 28.1. The van der Waals surface area contributed by atoms with Crippen LogP contribution in [-0.4, -0.2) is 47.4 Å². The third-order valence-corrected chi connectivity index (χ3v) is 13.0. The summed E-state index contributed by atoms with van der Waals surface area (Å²) < 4.78 is 5.47. The number of carbonyl (C=O) groups is 2. The number of hydrogen-bond donors (Lipinski definition) is 3. The van der Waals surface area contributed by atoms with Gasteiger partial charge in [-0.25, -0.2) is 0 Å². The molecule has 372 valence electrons. The van der Waals surface area contributed by atoms with E-state index in [4.69, 9.17) is 4.74 Å². The number of amides is 1. The summed E-state index contributed by atoms with van der Waals surface area (Å²) in [7, 11) is 0. The van der Waals surface area contributed by atoms with Crippen molar-refractivity contribution in [3.8, 4) is 0 Å². The Bertz CT molecular complexity index is 982. The second-order valence-electron chi connectivity index (χ2n) is 19.3. The summed E-state index contributed by atoms with van der Waals surface area (Å²) in [6.07, 6.45) is 63.1. The quantitative estimate of drug-likeness (QED) is 0.0321. The van der Waals surface area contributed by atoms with Crippen LogP contribution in [0, 0.1) is 0 Å². The highest BCUT2D eigenvalue weighted by Gasteiger charge is 2.20. The van der Waals surface area contributed by atoms with E-state index in [-0.39, 0.29) is 18.5 Å². The molecule has 0 aromatic carbocycles. The van der Waals surface area contributed by atoms with Crippen LogP contribution in [0.4, 0.5) is 0 Å². The van der Waals surface area contributed by atoms with E-state index in [0.717, 1.165) is 51.4 Å². The average molecular weight is 889 g/mol. The summed E-state index contributed by atoms with van der Waals surface area (Å²) >= 11 is 0. The van der Waals surface area contributed by atoms with E-state index in [0.29, 0.717) is 25.9 Å². The van der Waals surface area contributed by atoms with Gasteiger partial charge < -0.3 is 20.3 Å². The van der Waals surface area contributed by atoms with Crippen molar-refractivity contribution in [3.63, 3.8) is 0 Å². The molecule has 3 N–H and O–H groups in total. The maximum atomic E-state index is 12.4. The summed E-state index contributed by atoms with van der Waals surface area (Å²) in [5, 5.41) is 23.1. The van der Waals surface area contributed by atoms with Crippen LogP contribution < -0.4 is 5.32 Å². The molecule has 0 aromatic rings. The molecule has 0 aliphatic carbocycles. The van der Waals surface area contributed by atoms with Gasteiger partial charge in [-0.05, 0) is 57.8 Å². The minimum Gasteiger partial charge on any atom is -0.466 e. The number of esters is 1. The molecular weight excluding hydrogens is 779 g/mol. The standard InChI is InChI=1S/C57H109NO5/c1-3-5-7-9-11-13-15-16-24-28-31-35-39-43-47-51-57(62)63-52-48-44-40-36-32-29-26-23-21-19-17-18-20-22-25-27-30-34-38-42-46-50-56(61)58-54(53-59)55(60)49-45-41-37-33-14-12-10-8-6-4-2/h11,13,16,24,54-55,59-60H,3-10,12,14-15,17-23,25-53H2,1-2H3,(H,58,61)/b13-11-,24-16-. The van der Waals surface area contributed by atoms with Crippen LogP contribution in [0.15, 0.2) is 24.3 Å². The zero-order valence-corrected chi connectivity index (χ0v) is 42.3. The van der Waals surface area contributed by atoms with Crippen molar-refractivity contribution in [2.75, 3.05) is 13.2 Å². The van der Waals surface area contributed by atoms with E-state index in [1.807, 2.05) is 0 Å². The highest BCUT2D eigenvalue weighted by atomic mass is 16.5. The fourth-order valence-electron chi connectivity index (χ4n) is 8.67. The van der Waals surface area contributed by atoms with Crippen LogP contribution in [0.3, 0.4) is 0 Å². The maximum Gasteiger partial charge on any atom is 0.305 e. The fraction of sp³-hybridized carbons (Fsp3) is 0.895. The Kier molecular flexibility index (Phi) is 51.6. The monoisotopic (exact) mass is 888 g/mol. The Morgan fingerprint density at radius 2 is 0.794 bits per heavy atom. The van der Waals surface area contributed by atoms with Crippen molar-refractivity contribution in [2.45, 2.75) is 315 Å². The van der Waals surface area contributed by atoms with Gasteiger partial charge in [-0.3, -0.25) is 9.59 Å². The van der Waals surface area contributed by atoms with E-state index in [2.05, 4.69) is 43.5 Å². The van der Waals surface area contributed by atoms with Gasteiger partial charge in [0.1, 0.15) is 0 Å². The minimum atomic E-state index is -0.663. The molecule has 2 unspecified atom stereocenters. The Labute approximate surface area is 392 Å². The first-order chi connectivity index (χ1) is 31.0. The van der Waals surface area contributed by atoms with Crippen molar-refractivity contribution in [1.29, 1.82) is 0 Å². The fourth-order valence-corrected chi connectivity index (χ4v) is 8.67. The Hall–Kier alpha value is -1.66. The third-order valence-electron chi connectivity index (χ3n) is 13.0. The molecule has 63 heavy (non-hydrogen) atoms. The number of ether oxygens (including phenoxy) is 1. The molecule has 0 aliphatic rings. The maximum absolute atomic E-state index is 12.4. The van der Waals surface area contributed by atoms with Crippen LogP contribution in [0.5, 0.6) is 0 Å². The summed E-state index contributed by atoms with van der Waals surface area (Å²) in [4.78, 5) is 24.4. The summed E-state index contributed by atoms with van der Waals surface area (Å²) in [6.45, 7) is 4.91. The molecule has 0 heterocycles. The lowest BCUT2D eigenvalue weighted by Gasteiger charge is -2.22. The largest absolute Gasteiger partial charge is 0.466 e. The number of aliphatic hydroxyl groups excluding tert-OH is 2. The van der Waals surface area contributed by atoms with Gasteiger partial charge in [-0.15, -0.1) is 0 Å². The number of allylic oxidation sites excluding steroid dienone is 4. The van der Waals surface area contributed by atoms with Crippen LogP contribution in [0.25, 0.3) is 0 Å². The van der Waals surface area contributed by atoms with Crippen molar-refractivity contribution >= 4 is 11.9 Å². The van der Waals surface area contributed by atoms with E-state index in [9.17, 15) is 19.8 Å². The second kappa shape index (κ2) is 53.0. The number of hydrogen-bond acceptors (Lipinski definition) is 5. The molecule has 0 aliphatic heterocycles. The third kappa shape index (κ3) is 49.6. The molecule has 2 atom stereocenters. The molecule has 0 fully saturated rings. The van der Waals surface area contributed by atoms with Crippen LogP contribution in [-0.2, 0) is 14.3 Å². The number of nitrogens with one attached hydrogen (secondary N) is 1. The lowest BCUT2D eigenvalue weighted by Crippen LogP contribution is -2.45. The Morgan fingerprint density at radius 1 is 0.444 bits per heavy atom. The number of carbonyl (C=O) groups excluding carboxylic acids is 2. The Balaban J connectivity index is 3.37. The molecule has 0 radical (unpaired) electrons. The average Bonchev–Trinajstić information content (AvgIpc) is 3.28. The highest BCUT2D eigenvalue weighted by molar-refractivity contribution is 5.76. The molecule has 0 spiro atoms. The molecule has 0 saturated heterocycles. The molecule has 0 aromatic heterocycles. The normalized spacial score (nSPS) is 12.8. The predicted octanol–water partition coefficient (Wildman–Crippen LogP) is 17.1. The summed E-state index contributed by atoms with van der Waals surface area (Å²) in [6, 6.07) is -0.540. The van der Waals surface area contributed by atoms with Crippen molar-refractivity contribution in [3.05, 3.63) is 24.3 Å². The van der Waals surface area contributed by atoms with Gasteiger partial charge in [0, 0.05) is 12.8 Å². The van der Waals surface area contributed by atoms with E-state index >= 15 is 0 Å². The van der Waals surface area contributed by atoms with Crippen molar-refractivity contribution in [1.82, 2.24) is 5.32 Å². The van der Waals surface area contributed by atoms with Gasteiger partial charge in [-0.2, -0.15) is 0 Å². The first kappa shape index (κ1) is 61.3. The van der Waals surface area contributed by atoms with E-state index in [1.165, 1.54) is 218 Å². The lowest BCUT2D eigenvalue weighted by molar-refractivity contribution is -0.143. The van der Waals surface area contributed by atoms with Gasteiger partial charge in [-0.1, -0.05) is 256 Å². The lowest BCUT2D eigenvalue weighted by atomic mass is 10.0. The van der Waals surface area contributed by atoms with E-state index < -0.39 is 12.1 Å². The molecule has 1 amide bonds. The highest BCUT2D eigenvalue weighted by Crippen LogP contribution is 2.17. The van der Waals surface area contributed by atoms with Gasteiger partial charge in [0.05, 0.1) is 25.4 Å². The predicted molar refractivity (Wildman–Crippen MR) is 273 cm³/mol. The first-order valence-electron chi connectivity index (χ1n) is 28.1. The number of unbranched alkanes of at least 4 members (excludes halogenated alkanes) is 37. The molecular formula is C57H109NO5. The summed E-state index contributed by atoms with van der Waals surface area (Å²) in [5.74, 6) is -0.0396. The van der Waals surface area contributed by atoms with Crippen LogP contribution in [0.1, 0.15) is 303 Å². The second-order valence-corrected chi connectivity index (χ2v) is 19.3. The van der Waals surface area contributed by atoms with Crippen LogP contribution >= 0.6 is 0 Å². The van der Waals surface area contributed by atoms with Gasteiger partial charge in [0.2, 0.25) is 5.91 Å². The topological polar surface area (TPSA) is 95.9 Å². The molecule has 0 rings (SSSR count). The van der Waals surface area contributed by atoms with Gasteiger partial charge in [0.15, 0.2) is 0 Å². The number of rotatable bonds is 52. The summed E-state index contributed by atoms with van der Waals surface area (Å²) in [5.41, 5.74) is 0. The van der Waals surface area contributed by atoms with Crippen LogP contribution in [0.2, 0.25) is 0 Å². The Morgan fingerprint density at radius 3 is 1.24 bits per heavy atom. The smallest absolute Gasteiger partial charge is 0.305 e. The minimum absolute atomic E-state index is 0.00211. The van der Waals surface area contributed by atoms with Crippen molar-refractivity contribution in [2.24, 2.45) is 0 Å². The van der Waals surface area contributed by atoms with E-state index in [1.54, 1.807) is 0 Å². The molecule has 6 nitrogen and oxygen atoms in total. The van der Waals surface area contributed by atoms with Crippen molar-refractivity contribution < 1.29 is 24.5 Å². The molecule has 6 heteroatoms. The molecule has 0 saturated carbocycles. The van der Waals surface area contributed by atoms with Gasteiger partial charge >= 0.3 is 5.97 Å². The SMILES string of the molecule is CCCCC/C=C\C/C=C\CCCCCCCC(=O)OCCCCCCCCCCCCCCCCCCCCCCCC(=O)NC(CO)C(O)CCCCCCCCCCCC. The number of aliphatic hydroxyl groups is 2. The molecule has 0 bridgehead atoms.